The zero-order valence-corrected chi connectivity index (χ0v) is 6.34. The Balaban J connectivity index is 1.85. The van der Waals surface area contributed by atoms with Gasteiger partial charge in [0.1, 0.15) is 0 Å². The number of hydrogen-bond donors (Lipinski definition) is 1. The van der Waals surface area contributed by atoms with Crippen molar-refractivity contribution >= 4 is 0 Å². The molecule has 0 unspecified atom stereocenters. The van der Waals surface area contributed by atoms with E-state index in [1.807, 2.05) is 6.92 Å². The molecule has 2 aliphatic rings. The maximum absolute atomic E-state index is 9.78. The maximum atomic E-state index is 9.78. The lowest BCUT2D eigenvalue weighted by atomic mass is 9.95. The highest BCUT2D eigenvalue weighted by molar-refractivity contribution is 4.94. The van der Waals surface area contributed by atoms with Crippen molar-refractivity contribution in [2.45, 2.75) is 37.9 Å². The van der Waals surface area contributed by atoms with E-state index in [-0.39, 0.29) is 0 Å². The highest BCUT2D eigenvalue weighted by atomic mass is 16.6. The third kappa shape index (κ3) is 1.32. The van der Waals surface area contributed by atoms with Gasteiger partial charge in [-0.25, -0.2) is 0 Å². The van der Waals surface area contributed by atoms with E-state index in [1.165, 1.54) is 12.8 Å². The standard InChI is InChI=1S/C8H14O2/c1-8(9,6-2-3-6)4-7-5-10-7/h6-7,9H,2-5H2,1H3/t7-,8+/m0/s1. The summed E-state index contributed by atoms with van der Waals surface area (Å²) in [6.07, 6.45) is 3.63. The molecule has 1 aliphatic carbocycles. The van der Waals surface area contributed by atoms with Crippen LogP contribution in [0, 0.1) is 5.92 Å². The van der Waals surface area contributed by atoms with Crippen molar-refractivity contribution in [3.63, 3.8) is 0 Å². The Kier molecular flexibility index (Phi) is 1.29. The molecule has 0 aromatic carbocycles. The predicted molar refractivity (Wildman–Crippen MR) is 37.7 cm³/mol. The highest BCUT2D eigenvalue weighted by Crippen LogP contribution is 2.43. The summed E-state index contributed by atoms with van der Waals surface area (Å²) < 4.78 is 5.06. The first-order valence-corrected chi connectivity index (χ1v) is 4.02. The fourth-order valence-electron chi connectivity index (χ4n) is 1.52. The summed E-state index contributed by atoms with van der Waals surface area (Å²) in [5, 5.41) is 9.78. The third-order valence-electron chi connectivity index (χ3n) is 2.50. The molecular formula is C8H14O2. The number of hydrogen-bond acceptors (Lipinski definition) is 2. The Labute approximate surface area is 61.2 Å². The van der Waals surface area contributed by atoms with Gasteiger partial charge in [0.25, 0.3) is 0 Å². The lowest BCUT2D eigenvalue weighted by molar-refractivity contribution is 0.0210. The number of ether oxygens (including phenoxy) is 1. The van der Waals surface area contributed by atoms with Gasteiger partial charge in [-0.3, -0.25) is 0 Å². The minimum atomic E-state index is -0.429. The van der Waals surface area contributed by atoms with Gasteiger partial charge < -0.3 is 9.84 Å². The quantitative estimate of drug-likeness (QED) is 0.595. The van der Waals surface area contributed by atoms with E-state index in [4.69, 9.17) is 4.74 Å². The van der Waals surface area contributed by atoms with E-state index in [1.54, 1.807) is 0 Å². The van der Waals surface area contributed by atoms with Crippen LogP contribution in [0.25, 0.3) is 0 Å². The average molecular weight is 142 g/mol. The van der Waals surface area contributed by atoms with Crippen molar-refractivity contribution in [2.24, 2.45) is 5.92 Å². The molecule has 0 aromatic rings. The average Bonchev–Trinajstić information content (AvgIpc) is 2.58. The molecule has 0 bridgehead atoms. The fraction of sp³-hybridized carbons (Fsp3) is 1.00. The smallest absolute Gasteiger partial charge is 0.0837 e. The summed E-state index contributed by atoms with van der Waals surface area (Å²) in [5.41, 5.74) is -0.429. The summed E-state index contributed by atoms with van der Waals surface area (Å²) in [4.78, 5) is 0. The largest absolute Gasteiger partial charge is 0.390 e. The first-order valence-electron chi connectivity index (χ1n) is 4.02. The first-order chi connectivity index (χ1) is 4.68. The molecule has 0 spiro atoms. The van der Waals surface area contributed by atoms with Gasteiger partial charge in [-0.05, 0) is 25.7 Å². The molecule has 2 nitrogen and oxygen atoms in total. The molecule has 0 aromatic heterocycles. The normalized spacial score (nSPS) is 37.2. The molecule has 2 fully saturated rings. The summed E-state index contributed by atoms with van der Waals surface area (Å²) in [6.45, 7) is 2.80. The van der Waals surface area contributed by atoms with E-state index in [2.05, 4.69) is 0 Å². The van der Waals surface area contributed by atoms with E-state index >= 15 is 0 Å². The van der Waals surface area contributed by atoms with Crippen molar-refractivity contribution in [1.82, 2.24) is 0 Å². The second-order valence-corrected chi connectivity index (χ2v) is 3.79. The summed E-state index contributed by atoms with van der Waals surface area (Å²) >= 11 is 0. The molecule has 1 saturated heterocycles. The lowest BCUT2D eigenvalue weighted by Gasteiger charge is -2.21. The Morgan fingerprint density at radius 3 is 2.60 bits per heavy atom. The fourth-order valence-corrected chi connectivity index (χ4v) is 1.52. The Morgan fingerprint density at radius 1 is 1.60 bits per heavy atom. The van der Waals surface area contributed by atoms with Crippen LogP contribution >= 0.6 is 0 Å². The molecule has 1 aliphatic heterocycles. The van der Waals surface area contributed by atoms with E-state index in [9.17, 15) is 5.11 Å². The summed E-state index contributed by atoms with van der Waals surface area (Å²) in [6, 6.07) is 0. The maximum Gasteiger partial charge on any atom is 0.0837 e. The summed E-state index contributed by atoms with van der Waals surface area (Å²) in [7, 11) is 0. The van der Waals surface area contributed by atoms with Crippen LogP contribution < -0.4 is 0 Å². The zero-order valence-electron chi connectivity index (χ0n) is 6.34. The topological polar surface area (TPSA) is 32.8 Å². The van der Waals surface area contributed by atoms with Crippen LogP contribution in [0.4, 0.5) is 0 Å². The number of rotatable bonds is 3. The second kappa shape index (κ2) is 1.95. The van der Waals surface area contributed by atoms with E-state index in [0.29, 0.717) is 12.0 Å². The van der Waals surface area contributed by atoms with Gasteiger partial charge in [-0.15, -0.1) is 0 Å². The Morgan fingerprint density at radius 2 is 2.20 bits per heavy atom. The lowest BCUT2D eigenvalue weighted by Crippen LogP contribution is -2.28. The van der Waals surface area contributed by atoms with Crippen LogP contribution in [-0.2, 0) is 4.74 Å². The van der Waals surface area contributed by atoms with Gasteiger partial charge in [0.15, 0.2) is 0 Å². The van der Waals surface area contributed by atoms with Gasteiger partial charge in [0.2, 0.25) is 0 Å². The molecule has 58 valence electrons. The van der Waals surface area contributed by atoms with Crippen LogP contribution in [0.1, 0.15) is 26.2 Å². The Bertz CT molecular complexity index is 134. The van der Waals surface area contributed by atoms with Crippen LogP contribution in [-0.4, -0.2) is 23.4 Å². The molecule has 2 atom stereocenters. The summed E-state index contributed by atoms with van der Waals surface area (Å²) in [5.74, 6) is 0.566. The van der Waals surface area contributed by atoms with Crippen molar-refractivity contribution in [3.05, 3.63) is 0 Å². The first kappa shape index (κ1) is 6.62. The van der Waals surface area contributed by atoms with Crippen LogP contribution in [0.3, 0.4) is 0 Å². The van der Waals surface area contributed by atoms with Gasteiger partial charge in [-0.2, -0.15) is 0 Å². The molecule has 0 amide bonds. The SMILES string of the molecule is C[C@@](O)(C[C@H]1CO1)C1CC1. The molecule has 2 rings (SSSR count). The van der Waals surface area contributed by atoms with Gasteiger partial charge >= 0.3 is 0 Å². The van der Waals surface area contributed by atoms with Gasteiger partial charge in [0.05, 0.1) is 18.3 Å². The number of epoxide rings is 1. The van der Waals surface area contributed by atoms with Crippen LogP contribution in [0.5, 0.6) is 0 Å². The monoisotopic (exact) mass is 142 g/mol. The highest BCUT2D eigenvalue weighted by Gasteiger charge is 2.43. The van der Waals surface area contributed by atoms with Gasteiger partial charge in [0, 0.05) is 6.42 Å². The zero-order chi connectivity index (χ0) is 7.19. The molecule has 2 heteroatoms. The molecular weight excluding hydrogens is 128 g/mol. The van der Waals surface area contributed by atoms with Gasteiger partial charge in [-0.1, -0.05) is 0 Å². The van der Waals surface area contributed by atoms with Crippen molar-refractivity contribution in [3.8, 4) is 0 Å². The van der Waals surface area contributed by atoms with Crippen LogP contribution in [0.15, 0.2) is 0 Å². The molecule has 1 heterocycles. The third-order valence-corrected chi connectivity index (χ3v) is 2.50. The van der Waals surface area contributed by atoms with Crippen molar-refractivity contribution in [2.75, 3.05) is 6.61 Å². The van der Waals surface area contributed by atoms with Crippen LogP contribution in [0.2, 0.25) is 0 Å². The molecule has 10 heavy (non-hydrogen) atoms. The van der Waals surface area contributed by atoms with E-state index in [0.717, 1.165) is 13.0 Å². The molecule has 1 saturated carbocycles. The minimum Gasteiger partial charge on any atom is -0.390 e. The molecule has 1 N–H and O–H groups in total. The van der Waals surface area contributed by atoms with Crippen molar-refractivity contribution in [1.29, 1.82) is 0 Å². The second-order valence-electron chi connectivity index (χ2n) is 3.79. The van der Waals surface area contributed by atoms with E-state index < -0.39 is 5.60 Å². The minimum absolute atomic E-state index is 0.371. The number of aliphatic hydroxyl groups is 1. The predicted octanol–water partition coefficient (Wildman–Crippen LogP) is 0.936. The van der Waals surface area contributed by atoms with Crippen molar-refractivity contribution < 1.29 is 9.84 Å². The molecule has 0 radical (unpaired) electrons. The Hall–Kier alpha value is -0.0800.